The van der Waals surface area contributed by atoms with Gasteiger partial charge in [0, 0.05) is 25.0 Å². The molecule has 1 aromatic rings. The van der Waals surface area contributed by atoms with Crippen molar-refractivity contribution in [2.24, 2.45) is 0 Å². The van der Waals surface area contributed by atoms with Crippen LogP contribution in [0, 0.1) is 0 Å². The van der Waals surface area contributed by atoms with E-state index in [-0.39, 0.29) is 5.91 Å². The highest BCUT2D eigenvalue weighted by Gasteiger charge is 2.18. The summed E-state index contributed by atoms with van der Waals surface area (Å²) in [4.78, 5) is 13.5. The first-order valence-electron chi connectivity index (χ1n) is 6.12. The predicted octanol–water partition coefficient (Wildman–Crippen LogP) is 1.05. The van der Waals surface area contributed by atoms with Crippen LogP contribution in [0.15, 0.2) is 24.3 Å². The van der Waals surface area contributed by atoms with Crippen LogP contribution in [0.2, 0.25) is 0 Å². The standard InChI is InChI=1S/C13H20N2O3S/c1-3-8-15(13(16)10-19(2,17)18)9-11-6-4-5-7-12(11)14/h4-7H,3,8-10,14H2,1-2H3. The third-order valence-corrected chi connectivity index (χ3v) is 3.42. The van der Waals surface area contributed by atoms with Gasteiger partial charge in [0.1, 0.15) is 5.75 Å². The van der Waals surface area contributed by atoms with E-state index < -0.39 is 15.6 Å². The predicted molar refractivity (Wildman–Crippen MR) is 76.3 cm³/mol. The highest BCUT2D eigenvalue weighted by atomic mass is 32.2. The Balaban J connectivity index is 2.84. The van der Waals surface area contributed by atoms with E-state index in [2.05, 4.69) is 0 Å². The third-order valence-electron chi connectivity index (χ3n) is 2.65. The maximum Gasteiger partial charge on any atom is 0.238 e. The Bertz CT molecular complexity index is 541. The summed E-state index contributed by atoms with van der Waals surface area (Å²) >= 11 is 0. The lowest BCUT2D eigenvalue weighted by atomic mass is 10.1. The summed E-state index contributed by atoms with van der Waals surface area (Å²) in [5.74, 6) is -0.840. The maximum atomic E-state index is 12.0. The van der Waals surface area contributed by atoms with Crippen LogP contribution in [0.5, 0.6) is 0 Å². The molecule has 0 unspecified atom stereocenters. The zero-order chi connectivity index (χ0) is 14.5. The molecule has 0 fully saturated rings. The van der Waals surface area contributed by atoms with E-state index >= 15 is 0 Å². The lowest BCUT2D eigenvalue weighted by Gasteiger charge is -2.22. The van der Waals surface area contributed by atoms with Crippen LogP contribution in [0.3, 0.4) is 0 Å². The molecule has 1 rings (SSSR count). The summed E-state index contributed by atoms with van der Waals surface area (Å²) < 4.78 is 22.4. The van der Waals surface area contributed by atoms with Crippen molar-refractivity contribution in [2.75, 3.05) is 24.3 Å². The molecular formula is C13H20N2O3S. The number of hydrogen-bond acceptors (Lipinski definition) is 4. The average Bonchev–Trinajstić information content (AvgIpc) is 2.29. The molecule has 0 aliphatic rings. The molecule has 0 saturated carbocycles. The van der Waals surface area contributed by atoms with Crippen LogP contribution < -0.4 is 5.73 Å². The maximum absolute atomic E-state index is 12.0. The molecule has 0 radical (unpaired) electrons. The molecule has 0 atom stereocenters. The average molecular weight is 284 g/mol. The van der Waals surface area contributed by atoms with Crippen molar-refractivity contribution in [3.05, 3.63) is 29.8 Å². The van der Waals surface area contributed by atoms with Crippen molar-refractivity contribution in [1.82, 2.24) is 4.90 Å². The van der Waals surface area contributed by atoms with Gasteiger partial charge >= 0.3 is 0 Å². The molecule has 0 saturated heterocycles. The summed E-state index contributed by atoms with van der Waals surface area (Å²) in [5.41, 5.74) is 7.27. The number of rotatable bonds is 6. The van der Waals surface area contributed by atoms with Crippen molar-refractivity contribution in [3.63, 3.8) is 0 Å². The normalized spacial score (nSPS) is 11.3. The zero-order valence-electron chi connectivity index (χ0n) is 11.3. The molecule has 0 aliphatic carbocycles. The van der Waals surface area contributed by atoms with E-state index in [9.17, 15) is 13.2 Å². The number of hydrogen-bond donors (Lipinski definition) is 1. The Hall–Kier alpha value is -1.56. The molecule has 1 aromatic carbocycles. The molecule has 19 heavy (non-hydrogen) atoms. The fourth-order valence-electron chi connectivity index (χ4n) is 1.76. The monoisotopic (exact) mass is 284 g/mol. The molecule has 0 heterocycles. The third kappa shape index (κ3) is 5.30. The van der Waals surface area contributed by atoms with Gasteiger partial charge in [-0.25, -0.2) is 8.42 Å². The van der Waals surface area contributed by atoms with Gasteiger partial charge in [-0.15, -0.1) is 0 Å². The van der Waals surface area contributed by atoms with E-state index in [4.69, 9.17) is 5.73 Å². The Kier molecular flexibility index (Phi) is 5.35. The van der Waals surface area contributed by atoms with Gasteiger partial charge < -0.3 is 10.6 Å². The SMILES string of the molecule is CCCN(Cc1ccccc1N)C(=O)CS(C)(=O)=O. The molecule has 1 amide bonds. The largest absolute Gasteiger partial charge is 0.398 e. The van der Waals surface area contributed by atoms with E-state index in [0.29, 0.717) is 18.8 Å². The summed E-state index contributed by atoms with van der Waals surface area (Å²) in [6.07, 6.45) is 1.83. The minimum atomic E-state index is -3.31. The van der Waals surface area contributed by atoms with Crippen molar-refractivity contribution < 1.29 is 13.2 Å². The second-order valence-corrected chi connectivity index (χ2v) is 6.72. The first-order valence-corrected chi connectivity index (χ1v) is 8.18. The van der Waals surface area contributed by atoms with Crippen LogP contribution in [0.4, 0.5) is 5.69 Å². The Morgan fingerprint density at radius 1 is 1.32 bits per heavy atom. The fraction of sp³-hybridized carbons (Fsp3) is 0.462. The summed E-state index contributed by atoms with van der Waals surface area (Å²) in [7, 11) is -3.31. The van der Waals surface area contributed by atoms with E-state index in [1.165, 1.54) is 4.90 Å². The zero-order valence-corrected chi connectivity index (χ0v) is 12.1. The van der Waals surface area contributed by atoms with Gasteiger partial charge in [-0.05, 0) is 18.1 Å². The van der Waals surface area contributed by atoms with Crippen LogP contribution in [-0.2, 0) is 21.2 Å². The van der Waals surface area contributed by atoms with Gasteiger partial charge in [-0.3, -0.25) is 4.79 Å². The molecule has 2 N–H and O–H groups in total. The Morgan fingerprint density at radius 3 is 2.47 bits per heavy atom. The molecule has 0 spiro atoms. The second-order valence-electron chi connectivity index (χ2n) is 4.58. The van der Waals surface area contributed by atoms with Crippen molar-refractivity contribution >= 4 is 21.4 Å². The van der Waals surface area contributed by atoms with Crippen LogP contribution >= 0.6 is 0 Å². The minimum Gasteiger partial charge on any atom is -0.398 e. The molecule has 0 bridgehead atoms. The number of carbonyl (C=O) groups is 1. The van der Waals surface area contributed by atoms with Gasteiger partial charge in [0.15, 0.2) is 9.84 Å². The summed E-state index contributed by atoms with van der Waals surface area (Å²) in [5, 5.41) is 0. The van der Waals surface area contributed by atoms with Crippen molar-refractivity contribution in [2.45, 2.75) is 19.9 Å². The van der Waals surface area contributed by atoms with Gasteiger partial charge in [0.05, 0.1) is 0 Å². The lowest BCUT2D eigenvalue weighted by Crippen LogP contribution is -2.35. The van der Waals surface area contributed by atoms with Crippen LogP contribution in [-0.4, -0.2) is 37.8 Å². The molecule has 0 aliphatic heterocycles. The molecular weight excluding hydrogens is 264 g/mol. The number of carbonyl (C=O) groups excluding carboxylic acids is 1. The summed E-state index contributed by atoms with van der Waals surface area (Å²) in [6, 6.07) is 7.27. The topological polar surface area (TPSA) is 80.5 Å². The van der Waals surface area contributed by atoms with E-state index in [0.717, 1.165) is 18.2 Å². The number of amides is 1. The van der Waals surface area contributed by atoms with Crippen molar-refractivity contribution in [1.29, 1.82) is 0 Å². The molecule has 106 valence electrons. The van der Waals surface area contributed by atoms with Gasteiger partial charge in [0.25, 0.3) is 0 Å². The van der Waals surface area contributed by atoms with E-state index in [1.54, 1.807) is 6.07 Å². The number of para-hydroxylation sites is 1. The van der Waals surface area contributed by atoms with E-state index in [1.807, 2.05) is 25.1 Å². The van der Waals surface area contributed by atoms with Gasteiger partial charge in [-0.2, -0.15) is 0 Å². The van der Waals surface area contributed by atoms with Gasteiger partial charge in [0.2, 0.25) is 5.91 Å². The first-order chi connectivity index (χ1) is 8.83. The number of sulfone groups is 1. The number of anilines is 1. The summed E-state index contributed by atoms with van der Waals surface area (Å²) in [6.45, 7) is 2.80. The first kappa shape index (κ1) is 15.5. The highest BCUT2D eigenvalue weighted by molar-refractivity contribution is 7.91. The fourth-order valence-corrected chi connectivity index (χ4v) is 2.39. The molecule has 6 heteroatoms. The number of nitrogens with zero attached hydrogens (tertiary/aromatic N) is 1. The lowest BCUT2D eigenvalue weighted by molar-refractivity contribution is -0.129. The van der Waals surface area contributed by atoms with Gasteiger partial charge in [-0.1, -0.05) is 25.1 Å². The quantitative estimate of drug-likeness (QED) is 0.792. The number of nitrogen functional groups attached to an aromatic ring is 1. The molecule has 5 nitrogen and oxygen atoms in total. The van der Waals surface area contributed by atoms with Crippen LogP contribution in [0.25, 0.3) is 0 Å². The highest BCUT2D eigenvalue weighted by Crippen LogP contribution is 2.14. The Labute approximate surface area is 114 Å². The number of nitrogens with two attached hydrogens (primary N) is 1. The number of benzene rings is 1. The second kappa shape index (κ2) is 6.56. The minimum absolute atomic E-state index is 0.342. The smallest absolute Gasteiger partial charge is 0.238 e. The Morgan fingerprint density at radius 2 is 1.95 bits per heavy atom. The van der Waals surface area contributed by atoms with Crippen LogP contribution in [0.1, 0.15) is 18.9 Å². The van der Waals surface area contributed by atoms with Crippen molar-refractivity contribution in [3.8, 4) is 0 Å². The molecule has 0 aromatic heterocycles.